The summed E-state index contributed by atoms with van der Waals surface area (Å²) >= 11 is 9.53. The van der Waals surface area contributed by atoms with E-state index in [2.05, 4.69) is 24.4 Å². The molecule has 0 spiro atoms. The van der Waals surface area contributed by atoms with Gasteiger partial charge in [-0.25, -0.2) is 4.98 Å². The Morgan fingerprint density at radius 2 is 2.05 bits per heavy atom. The van der Waals surface area contributed by atoms with E-state index in [1.807, 2.05) is 42.3 Å². The van der Waals surface area contributed by atoms with E-state index in [0.29, 0.717) is 0 Å². The van der Waals surface area contributed by atoms with E-state index in [1.165, 1.54) is 20.5 Å². The molecule has 2 rings (SSSR count). The third-order valence-electron chi connectivity index (χ3n) is 2.82. The van der Waals surface area contributed by atoms with E-state index in [-0.39, 0.29) is 0 Å². The molecule has 2 aromatic rings. The molecule has 0 bridgehead atoms. The first-order valence-corrected chi connectivity index (χ1v) is 8.91. The summed E-state index contributed by atoms with van der Waals surface area (Å²) in [6.45, 7) is 3.11. The monoisotopic (exact) mass is 326 g/mol. The maximum Gasteiger partial charge on any atom is 0.103 e. The average molecular weight is 327 g/mol. The SMILES string of the molecule is CCCc1nc(CSc2ccc(Cl)cc2)sc1CNC. The Balaban J connectivity index is 2.01. The molecule has 0 unspecified atom stereocenters. The fourth-order valence-corrected chi connectivity index (χ4v) is 4.05. The number of benzene rings is 1. The molecule has 0 aliphatic carbocycles. The predicted octanol–water partition coefficient (Wildman–Crippen LogP) is 4.76. The van der Waals surface area contributed by atoms with Crippen molar-refractivity contribution in [3.63, 3.8) is 0 Å². The largest absolute Gasteiger partial charge is 0.315 e. The van der Waals surface area contributed by atoms with Crippen LogP contribution in [0.4, 0.5) is 0 Å². The Hall–Kier alpha value is -0.550. The number of hydrogen-bond acceptors (Lipinski definition) is 4. The van der Waals surface area contributed by atoms with Crippen LogP contribution in [0, 0.1) is 0 Å². The zero-order chi connectivity index (χ0) is 14.4. The maximum absolute atomic E-state index is 5.90. The van der Waals surface area contributed by atoms with Gasteiger partial charge in [-0.3, -0.25) is 0 Å². The first-order chi connectivity index (χ1) is 9.72. The third-order valence-corrected chi connectivity index (χ3v) is 5.38. The van der Waals surface area contributed by atoms with Crippen LogP contribution in [0.2, 0.25) is 5.02 Å². The minimum absolute atomic E-state index is 0.783. The maximum atomic E-state index is 5.90. The van der Waals surface area contributed by atoms with Gasteiger partial charge in [0, 0.05) is 21.3 Å². The van der Waals surface area contributed by atoms with Crippen LogP contribution in [0.3, 0.4) is 0 Å². The van der Waals surface area contributed by atoms with E-state index < -0.39 is 0 Å². The summed E-state index contributed by atoms with van der Waals surface area (Å²) in [7, 11) is 1.98. The van der Waals surface area contributed by atoms with Crippen LogP contribution in [-0.4, -0.2) is 12.0 Å². The van der Waals surface area contributed by atoms with Gasteiger partial charge in [-0.15, -0.1) is 23.1 Å². The molecule has 0 aliphatic heterocycles. The lowest BCUT2D eigenvalue weighted by Gasteiger charge is -1.98. The second kappa shape index (κ2) is 8.03. The van der Waals surface area contributed by atoms with Crippen molar-refractivity contribution in [1.29, 1.82) is 0 Å². The molecule has 0 amide bonds. The lowest BCUT2D eigenvalue weighted by atomic mass is 10.2. The van der Waals surface area contributed by atoms with Crippen LogP contribution in [0.25, 0.3) is 0 Å². The Labute approximate surface area is 134 Å². The Bertz CT molecular complexity index is 514. The van der Waals surface area contributed by atoms with E-state index >= 15 is 0 Å². The molecule has 20 heavy (non-hydrogen) atoms. The van der Waals surface area contributed by atoms with Gasteiger partial charge >= 0.3 is 0 Å². The van der Waals surface area contributed by atoms with E-state index in [4.69, 9.17) is 16.6 Å². The number of hydrogen-bond donors (Lipinski definition) is 1. The van der Waals surface area contributed by atoms with Gasteiger partial charge in [-0.05, 0) is 37.7 Å². The Morgan fingerprint density at radius 1 is 1.30 bits per heavy atom. The summed E-state index contributed by atoms with van der Waals surface area (Å²) in [4.78, 5) is 7.39. The van der Waals surface area contributed by atoms with Gasteiger partial charge in [0.2, 0.25) is 0 Å². The highest BCUT2D eigenvalue weighted by Crippen LogP contribution is 2.28. The van der Waals surface area contributed by atoms with Crippen molar-refractivity contribution < 1.29 is 0 Å². The van der Waals surface area contributed by atoms with Crippen LogP contribution in [0.1, 0.15) is 28.9 Å². The topological polar surface area (TPSA) is 24.9 Å². The highest BCUT2D eigenvalue weighted by Gasteiger charge is 2.10. The Kier molecular flexibility index (Phi) is 6.36. The fraction of sp³-hybridized carbons (Fsp3) is 0.400. The lowest BCUT2D eigenvalue weighted by Crippen LogP contribution is -2.05. The summed E-state index contributed by atoms with van der Waals surface area (Å²) in [5, 5.41) is 5.21. The molecule has 0 radical (unpaired) electrons. The summed E-state index contributed by atoms with van der Waals surface area (Å²) in [6.07, 6.45) is 2.21. The fourth-order valence-electron chi connectivity index (χ4n) is 1.91. The normalized spacial score (nSPS) is 10.9. The molecule has 1 N–H and O–H groups in total. The van der Waals surface area contributed by atoms with Crippen LogP contribution in [-0.2, 0) is 18.7 Å². The molecular formula is C15H19ClN2S2. The van der Waals surface area contributed by atoms with Crippen molar-refractivity contribution in [2.75, 3.05) is 7.05 Å². The van der Waals surface area contributed by atoms with Gasteiger partial charge in [0.25, 0.3) is 0 Å². The number of aromatic nitrogens is 1. The van der Waals surface area contributed by atoms with Crippen molar-refractivity contribution in [3.05, 3.63) is 44.9 Å². The van der Waals surface area contributed by atoms with E-state index in [0.717, 1.165) is 30.2 Å². The number of thiazole rings is 1. The van der Waals surface area contributed by atoms with Gasteiger partial charge in [0.05, 0.1) is 11.4 Å². The van der Waals surface area contributed by atoms with Crippen molar-refractivity contribution in [1.82, 2.24) is 10.3 Å². The predicted molar refractivity (Wildman–Crippen MR) is 89.9 cm³/mol. The molecule has 108 valence electrons. The summed E-state index contributed by atoms with van der Waals surface area (Å²) in [5.41, 5.74) is 1.26. The van der Waals surface area contributed by atoms with Crippen molar-refractivity contribution in [2.45, 2.75) is 37.0 Å². The van der Waals surface area contributed by atoms with Crippen LogP contribution >= 0.6 is 34.7 Å². The highest BCUT2D eigenvalue weighted by atomic mass is 35.5. The van der Waals surface area contributed by atoms with Gasteiger partial charge in [-0.1, -0.05) is 24.9 Å². The van der Waals surface area contributed by atoms with Gasteiger partial charge in [0.1, 0.15) is 5.01 Å². The summed E-state index contributed by atoms with van der Waals surface area (Å²) < 4.78 is 0. The number of nitrogens with zero attached hydrogens (tertiary/aromatic N) is 1. The van der Waals surface area contributed by atoms with Crippen LogP contribution in [0.15, 0.2) is 29.2 Å². The first-order valence-electron chi connectivity index (χ1n) is 6.73. The molecule has 0 aliphatic rings. The number of nitrogens with one attached hydrogen (secondary N) is 1. The summed E-state index contributed by atoms with van der Waals surface area (Å²) in [6, 6.07) is 7.98. The van der Waals surface area contributed by atoms with Crippen LogP contribution in [0.5, 0.6) is 0 Å². The quantitative estimate of drug-likeness (QED) is 0.742. The third kappa shape index (κ3) is 4.48. The summed E-state index contributed by atoms with van der Waals surface area (Å²) in [5.74, 6) is 0.923. The molecule has 1 aromatic carbocycles. The minimum atomic E-state index is 0.783. The van der Waals surface area contributed by atoms with E-state index in [9.17, 15) is 0 Å². The Morgan fingerprint density at radius 3 is 2.70 bits per heavy atom. The molecule has 5 heteroatoms. The molecule has 0 fully saturated rings. The number of thioether (sulfide) groups is 1. The van der Waals surface area contributed by atoms with E-state index in [1.54, 1.807) is 0 Å². The molecule has 2 nitrogen and oxygen atoms in total. The standard InChI is InChI=1S/C15H19ClN2S2/c1-3-4-13-14(9-17-2)20-15(18-13)10-19-12-7-5-11(16)6-8-12/h5-8,17H,3-4,9-10H2,1-2H3. The first kappa shape index (κ1) is 15.8. The molecule has 1 heterocycles. The number of aryl methyl sites for hydroxylation is 1. The molecular weight excluding hydrogens is 308 g/mol. The number of halogens is 1. The molecule has 1 aromatic heterocycles. The van der Waals surface area contributed by atoms with Gasteiger partial charge < -0.3 is 5.32 Å². The minimum Gasteiger partial charge on any atom is -0.315 e. The lowest BCUT2D eigenvalue weighted by molar-refractivity contribution is 0.797. The van der Waals surface area contributed by atoms with Crippen molar-refractivity contribution in [3.8, 4) is 0 Å². The van der Waals surface area contributed by atoms with Crippen molar-refractivity contribution >= 4 is 34.7 Å². The molecule has 0 saturated heterocycles. The average Bonchev–Trinajstić information content (AvgIpc) is 2.82. The molecule has 0 atom stereocenters. The second-order valence-corrected chi connectivity index (χ2v) is 7.15. The molecule has 0 saturated carbocycles. The zero-order valence-electron chi connectivity index (χ0n) is 11.8. The number of rotatable bonds is 7. The van der Waals surface area contributed by atoms with Gasteiger partial charge in [0.15, 0.2) is 0 Å². The zero-order valence-corrected chi connectivity index (χ0v) is 14.2. The van der Waals surface area contributed by atoms with Gasteiger partial charge in [-0.2, -0.15) is 0 Å². The smallest absolute Gasteiger partial charge is 0.103 e. The highest BCUT2D eigenvalue weighted by molar-refractivity contribution is 7.98. The second-order valence-electron chi connectivity index (χ2n) is 4.50. The van der Waals surface area contributed by atoms with Crippen molar-refractivity contribution in [2.24, 2.45) is 0 Å². The van der Waals surface area contributed by atoms with Crippen LogP contribution < -0.4 is 5.32 Å².